The highest BCUT2D eigenvalue weighted by Gasteiger charge is 2.44. The van der Waals surface area contributed by atoms with Crippen LogP contribution in [-0.4, -0.2) is 64.0 Å². The Hall–Kier alpha value is -1.51. The number of carbonyl (C=O) groups excluding carboxylic acids is 1. The molecule has 0 spiro atoms. The van der Waals surface area contributed by atoms with Crippen molar-refractivity contribution in [2.45, 2.75) is 30.7 Å². The number of rotatable bonds is 4. The fourth-order valence-corrected chi connectivity index (χ4v) is 1.98. The monoisotopic (exact) mass is 284 g/mol. The lowest BCUT2D eigenvalue weighted by Crippen LogP contribution is -2.60. The number of aliphatic hydroxyl groups excluding tert-OH is 4. The van der Waals surface area contributed by atoms with Gasteiger partial charge in [0, 0.05) is 0 Å². The molecule has 0 saturated carbocycles. The minimum absolute atomic E-state index is 0.173. The van der Waals surface area contributed by atoms with Crippen LogP contribution >= 0.6 is 0 Å². The van der Waals surface area contributed by atoms with Gasteiger partial charge in [-0.15, -0.1) is 0 Å². The smallest absolute Gasteiger partial charge is 0.229 e. The third-order valence-corrected chi connectivity index (χ3v) is 3.14. The normalized spacial score (nSPS) is 33.7. The minimum Gasteiger partial charge on any atom is -0.461 e. The molecular formula is C13H16O7. The zero-order chi connectivity index (χ0) is 14.7. The van der Waals surface area contributed by atoms with Gasteiger partial charge in [0.05, 0.1) is 12.2 Å². The second kappa shape index (κ2) is 6.29. The molecule has 7 nitrogen and oxygen atoms in total. The molecule has 1 aromatic rings. The molecule has 0 amide bonds. The first kappa shape index (κ1) is 14.9. The molecule has 1 fully saturated rings. The van der Waals surface area contributed by atoms with E-state index in [1.54, 1.807) is 12.1 Å². The van der Waals surface area contributed by atoms with Crippen LogP contribution in [0, 0.1) is 0 Å². The van der Waals surface area contributed by atoms with E-state index in [2.05, 4.69) is 0 Å². The van der Waals surface area contributed by atoms with Crippen LogP contribution in [0.4, 0.5) is 0 Å². The molecule has 4 N–H and O–H groups in total. The van der Waals surface area contributed by atoms with Gasteiger partial charge in [-0.25, -0.2) is 0 Å². The van der Waals surface area contributed by atoms with Crippen molar-refractivity contribution in [3.63, 3.8) is 0 Å². The Labute approximate surface area is 115 Å². The van der Waals surface area contributed by atoms with Gasteiger partial charge in [0.25, 0.3) is 0 Å². The van der Waals surface area contributed by atoms with Gasteiger partial charge >= 0.3 is 0 Å². The molecule has 0 aromatic heterocycles. The maximum atomic E-state index is 10.9. The van der Waals surface area contributed by atoms with Gasteiger partial charge in [-0.2, -0.15) is 0 Å². The van der Waals surface area contributed by atoms with Crippen molar-refractivity contribution in [1.82, 2.24) is 0 Å². The Balaban J connectivity index is 2.17. The van der Waals surface area contributed by atoms with Crippen molar-refractivity contribution in [3.8, 4) is 5.75 Å². The van der Waals surface area contributed by atoms with Crippen LogP contribution in [0.2, 0.25) is 0 Å². The molecule has 0 aliphatic carbocycles. The molecule has 1 heterocycles. The summed E-state index contributed by atoms with van der Waals surface area (Å²) >= 11 is 0. The quantitative estimate of drug-likeness (QED) is 0.507. The molecule has 1 aromatic carbocycles. The summed E-state index contributed by atoms with van der Waals surface area (Å²) < 4.78 is 10.5. The van der Waals surface area contributed by atoms with E-state index in [1.807, 2.05) is 0 Å². The summed E-state index contributed by atoms with van der Waals surface area (Å²) in [7, 11) is 0. The standard InChI is InChI=1S/C13H16O7/c14-5-7-3-1-2-4-8(7)19-13-12(18)11(17)10(16)9(6-15)20-13/h1-5,9-13,15-18H,6H2/t9-,10+,11+,12+,13-/m0/s1. The van der Waals surface area contributed by atoms with Crippen molar-refractivity contribution in [2.24, 2.45) is 0 Å². The molecule has 0 radical (unpaired) electrons. The summed E-state index contributed by atoms with van der Waals surface area (Å²) in [4.78, 5) is 10.9. The van der Waals surface area contributed by atoms with E-state index in [0.717, 1.165) is 0 Å². The lowest BCUT2D eigenvalue weighted by atomic mass is 9.99. The maximum Gasteiger partial charge on any atom is 0.229 e. The van der Waals surface area contributed by atoms with Gasteiger partial charge in [0.2, 0.25) is 6.29 Å². The van der Waals surface area contributed by atoms with Crippen LogP contribution in [0.5, 0.6) is 5.75 Å². The van der Waals surface area contributed by atoms with E-state index >= 15 is 0 Å². The zero-order valence-electron chi connectivity index (χ0n) is 10.5. The highest BCUT2D eigenvalue weighted by Crippen LogP contribution is 2.25. The van der Waals surface area contributed by atoms with E-state index in [0.29, 0.717) is 6.29 Å². The number of benzene rings is 1. The summed E-state index contributed by atoms with van der Waals surface area (Å²) in [5, 5.41) is 38.1. The molecule has 5 atom stereocenters. The summed E-state index contributed by atoms with van der Waals surface area (Å²) in [5.41, 5.74) is 0.254. The molecule has 7 heteroatoms. The Kier molecular flexibility index (Phi) is 4.69. The van der Waals surface area contributed by atoms with Gasteiger partial charge in [-0.3, -0.25) is 4.79 Å². The second-order valence-electron chi connectivity index (χ2n) is 4.47. The van der Waals surface area contributed by atoms with Crippen molar-refractivity contribution in [3.05, 3.63) is 29.8 Å². The fraction of sp³-hybridized carbons (Fsp3) is 0.462. The van der Waals surface area contributed by atoms with Crippen LogP contribution in [0.15, 0.2) is 24.3 Å². The van der Waals surface area contributed by atoms with Crippen LogP contribution in [-0.2, 0) is 4.74 Å². The average molecular weight is 284 g/mol. The third kappa shape index (κ3) is 2.82. The molecule has 1 aliphatic rings. The van der Waals surface area contributed by atoms with Crippen LogP contribution in [0.3, 0.4) is 0 Å². The second-order valence-corrected chi connectivity index (χ2v) is 4.47. The highest BCUT2D eigenvalue weighted by atomic mass is 16.7. The predicted octanol–water partition coefficient (Wildman–Crippen LogP) is -1.32. The number of carbonyl (C=O) groups is 1. The lowest BCUT2D eigenvalue weighted by Gasteiger charge is -2.39. The van der Waals surface area contributed by atoms with E-state index in [1.165, 1.54) is 12.1 Å². The molecule has 2 rings (SSSR count). The zero-order valence-corrected chi connectivity index (χ0v) is 10.5. The number of para-hydroxylation sites is 1. The van der Waals surface area contributed by atoms with Crippen LogP contribution in [0.25, 0.3) is 0 Å². The summed E-state index contributed by atoms with van der Waals surface area (Å²) in [6.07, 6.45) is -6.24. The van der Waals surface area contributed by atoms with E-state index in [9.17, 15) is 20.1 Å². The number of hydrogen-bond acceptors (Lipinski definition) is 7. The first-order chi connectivity index (χ1) is 9.58. The van der Waals surface area contributed by atoms with E-state index in [4.69, 9.17) is 14.6 Å². The molecule has 1 aliphatic heterocycles. The number of hydrogen-bond donors (Lipinski definition) is 4. The summed E-state index contributed by atoms with van der Waals surface area (Å²) in [6, 6.07) is 6.30. The largest absolute Gasteiger partial charge is 0.461 e. The first-order valence-corrected chi connectivity index (χ1v) is 6.10. The number of aldehydes is 1. The molecule has 0 unspecified atom stereocenters. The summed E-state index contributed by atoms with van der Waals surface area (Å²) in [5.74, 6) is 0.173. The Bertz CT molecular complexity index is 462. The van der Waals surface area contributed by atoms with E-state index in [-0.39, 0.29) is 11.3 Å². The first-order valence-electron chi connectivity index (χ1n) is 6.10. The third-order valence-electron chi connectivity index (χ3n) is 3.14. The van der Waals surface area contributed by atoms with Crippen LogP contribution < -0.4 is 4.74 Å². The topological polar surface area (TPSA) is 116 Å². The maximum absolute atomic E-state index is 10.9. The van der Waals surface area contributed by atoms with Gasteiger partial charge in [0.1, 0.15) is 30.2 Å². The van der Waals surface area contributed by atoms with Gasteiger partial charge in [0.15, 0.2) is 6.29 Å². The molecular weight excluding hydrogens is 268 g/mol. The lowest BCUT2D eigenvalue weighted by molar-refractivity contribution is -0.277. The Morgan fingerprint density at radius 3 is 2.50 bits per heavy atom. The fourth-order valence-electron chi connectivity index (χ4n) is 1.98. The number of ether oxygens (including phenoxy) is 2. The molecule has 20 heavy (non-hydrogen) atoms. The van der Waals surface area contributed by atoms with Crippen molar-refractivity contribution in [1.29, 1.82) is 0 Å². The summed E-state index contributed by atoms with van der Waals surface area (Å²) in [6.45, 7) is -0.542. The predicted molar refractivity (Wildman–Crippen MR) is 66.2 cm³/mol. The Morgan fingerprint density at radius 2 is 1.85 bits per heavy atom. The van der Waals surface area contributed by atoms with Crippen molar-refractivity contribution < 1.29 is 34.7 Å². The minimum atomic E-state index is -1.52. The average Bonchev–Trinajstić information content (AvgIpc) is 2.48. The van der Waals surface area contributed by atoms with Crippen molar-refractivity contribution >= 4 is 6.29 Å². The molecule has 110 valence electrons. The van der Waals surface area contributed by atoms with Crippen LogP contribution in [0.1, 0.15) is 10.4 Å². The molecule has 0 bridgehead atoms. The van der Waals surface area contributed by atoms with Gasteiger partial charge in [-0.1, -0.05) is 12.1 Å². The van der Waals surface area contributed by atoms with Gasteiger partial charge < -0.3 is 29.9 Å². The van der Waals surface area contributed by atoms with E-state index < -0.39 is 37.3 Å². The Morgan fingerprint density at radius 1 is 1.15 bits per heavy atom. The number of aliphatic hydroxyl groups is 4. The SMILES string of the molecule is O=Cc1ccccc1O[C@H]1O[C@@H](CO)[C@@H](O)[C@@H](O)[C@H]1O. The molecule has 1 saturated heterocycles. The van der Waals surface area contributed by atoms with Gasteiger partial charge in [-0.05, 0) is 12.1 Å². The highest BCUT2D eigenvalue weighted by molar-refractivity contribution is 5.79. The van der Waals surface area contributed by atoms with Crippen molar-refractivity contribution in [2.75, 3.05) is 6.61 Å².